The van der Waals surface area contributed by atoms with Crippen molar-refractivity contribution in [2.24, 2.45) is 7.05 Å². The minimum absolute atomic E-state index is 0.00347. The van der Waals surface area contributed by atoms with Crippen LogP contribution in [0, 0.1) is 0 Å². The summed E-state index contributed by atoms with van der Waals surface area (Å²) in [5, 5.41) is 4.12. The highest BCUT2D eigenvalue weighted by Gasteiger charge is 2.32. The lowest BCUT2D eigenvalue weighted by atomic mass is 10.1. The highest BCUT2D eigenvalue weighted by molar-refractivity contribution is 5.94. The van der Waals surface area contributed by atoms with Crippen LogP contribution in [0.2, 0.25) is 0 Å². The largest absolute Gasteiger partial charge is 0.330 e. The first-order valence-electron chi connectivity index (χ1n) is 8.96. The monoisotopic (exact) mass is 350 g/mol. The van der Waals surface area contributed by atoms with Gasteiger partial charge in [-0.15, -0.1) is 0 Å². The Kier molecular flexibility index (Phi) is 4.28. The predicted molar refractivity (Wildman–Crippen MR) is 97.0 cm³/mol. The van der Waals surface area contributed by atoms with Crippen LogP contribution < -0.4 is 0 Å². The van der Waals surface area contributed by atoms with Gasteiger partial charge in [0.1, 0.15) is 11.6 Å². The Morgan fingerprint density at radius 2 is 2.23 bits per heavy atom. The molecule has 1 amide bonds. The first-order valence-corrected chi connectivity index (χ1v) is 8.96. The van der Waals surface area contributed by atoms with Gasteiger partial charge in [-0.3, -0.25) is 14.0 Å². The molecule has 0 spiro atoms. The Bertz CT molecular complexity index is 928. The number of nitrogens with zero attached hydrogens (tertiary/aromatic N) is 6. The summed E-state index contributed by atoms with van der Waals surface area (Å²) in [5.74, 6) is 1.84. The molecule has 7 heteroatoms. The molecule has 4 rings (SSSR count). The number of imidazole rings is 1. The first kappa shape index (κ1) is 16.5. The summed E-state index contributed by atoms with van der Waals surface area (Å²) in [7, 11) is 1.82. The molecule has 0 N–H and O–H groups in total. The second kappa shape index (κ2) is 6.74. The number of hydrogen-bond acceptors (Lipinski definition) is 4. The van der Waals surface area contributed by atoms with Crippen molar-refractivity contribution in [2.75, 3.05) is 6.54 Å². The summed E-state index contributed by atoms with van der Waals surface area (Å²) in [6.07, 6.45) is 9.86. The van der Waals surface area contributed by atoms with Crippen molar-refractivity contribution in [2.45, 2.75) is 32.2 Å². The molecule has 0 aromatic carbocycles. The van der Waals surface area contributed by atoms with Gasteiger partial charge in [0.15, 0.2) is 0 Å². The van der Waals surface area contributed by atoms with E-state index >= 15 is 0 Å². The van der Waals surface area contributed by atoms with Crippen LogP contribution >= 0.6 is 0 Å². The zero-order valence-corrected chi connectivity index (χ0v) is 15.0. The fourth-order valence-corrected chi connectivity index (χ4v) is 3.58. The highest BCUT2D eigenvalue weighted by atomic mass is 16.2. The summed E-state index contributed by atoms with van der Waals surface area (Å²) >= 11 is 0. The van der Waals surface area contributed by atoms with E-state index in [1.54, 1.807) is 23.3 Å². The minimum Gasteiger partial charge on any atom is -0.330 e. The Morgan fingerprint density at radius 3 is 3.00 bits per heavy atom. The van der Waals surface area contributed by atoms with Gasteiger partial charge in [0.2, 0.25) is 0 Å². The molecular formula is C19H22N6O. The van der Waals surface area contributed by atoms with E-state index in [-0.39, 0.29) is 11.9 Å². The quantitative estimate of drug-likeness (QED) is 0.725. The maximum Gasteiger partial charge on any atom is 0.257 e. The minimum atomic E-state index is -0.00347. The van der Waals surface area contributed by atoms with E-state index in [1.807, 2.05) is 40.9 Å². The van der Waals surface area contributed by atoms with E-state index in [0.29, 0.717) is 5.56 Å². The Hall–Kier alpha value is -2.96. The van der Waals surface area contributed by atoms with Gasteiger partial charge in [-0.05, 0) is 25.0 Å². The SMILES string of the molecule is CCc1nccn1-c1cccc(C2CCCN2C(=O)c2cnn(C)c2)n1. The number of likely N-dealkylation sites (tertiary alicyclic amines) is 1. The number of hydrogen-bond donors (Lipinski definition) is 0. The van der Waals surface area contributed by atoms with E-state index in [1.165, 1.54) is 0 Å². The predicted octanol–water partition coefficient (Wildman–Crippen LogP) is 2.54. The van der Waals surface area contributed by atoms with Crippen molar-refractivity contribution in [3.8, 4) is 5.82 Å². The van der Waals surface area contributed by atoms with Crippen LogP contribution in [0.5, 0.6) is 0 Å². The lowest BCUT2D eigenvalue weighted by Gasteiger charge is -2.24. The third-order valence-electron chi connectivity index (χ3n) is 4.84. The van der Waals surface area contributed by atoms with Crippen molar-refractivity contribution in [1.29, 1.82) is 0 Å². The molecule has 26 heavy (non-hydrogen) atoms. The standard InChI is InChI=1S/C19H22N6O/c1-3-17-20-9-11-25(17)18-8-4-6-15(22-18)16-7-5-10-24(16)19(26)14-12-21-23(2)13-14/h4,6,8-9,11-13,16H,3,5,7,10H2,1-2H3. The molecule has 0 saturated carbocycles. The average Bonchev–Trinajstić information content (AvgIpc) is 3.41. The van der Waals surface area contributed by atoms with Crippen molar-refractivity contribution in [3.05, 3.63) is 60.1 Å². The zero-order chi connectivity index (χ0) is 18.1. The van der Waals surface area contributed by atoms with E-state index in [0.717, 1.165) is 43.1 Å². The van der Waals surface area contributed by atoms with Crippen LogP contribution in [-0.2, 0) is 13.5 Å². The molecule has 1 aliphatic heterocycles. The lowest BCUT2D eigenvalue weighted by Crippen LogP contribution is -2.30. The average molecular weight is 350 g/mol. The smallest absolute Gasteiger partial charge is 0.257 e. The van der Waals surface area contributed by atoms with E-state index in [4.69, 9.17) is 4.98 Å². The number of amides is 1. The topological polar surface area (TPSA) is 68.8 Å². The number of aromatic nitrogens is 5. The molecule has 1 fully saturated rings. The summed E-state index contributed by atoms with van der Waals surface area (Å²) < 4.78 is 3.66. The van der Waals surface area contributed by atoms with E-state index < -0.39 is 0 Å². The summed E-state index contributed by atoms with van der Waals surface area (Å²) in [6.45, 7) is 2.82. The van der Waals surface area contributed by atoms with Gasteiger partial charge in [-0.2, -0.15) is 5.10 Å². The van der Waals surface area contributed by atoms with Gasteiger partial charge < -0.3 is 4.90 Å². The fraction of sp³-hybridized carbons (Fsp3) is 0.368. The zero-order valence-electron chi connectivity index (χ0n) is 15.0. The molecular weight excluding hydrogens is 328 g/mol. The van der Waals surface area contributed by atoms with Crippen molar-refractivity contribution in [1.82, 2.24) is 29.2 Å². The highest BCUT2D eigenvalue weighted by Crippen LogP contribution is 2.32. The van der Waals surface area contributed by atoms with Gasteiger partial charge in [0.25, 0.3) is 5.91 Å². The molecule has 0 aliphatic carbocycles. The van der Waals surface area contributed by atoms with Crippen LogP contribution in [0.4, 0.5) is 0 Å². The molecule has 0 radical (unpaired) electrons. The van der Waals surface area contributed by atoms with Crippen LogP contribution in [0.3, 0.4) is 0 Å². The maximum atomic E-state index is 12.9. The number of pyridine rings is 1. The number of aryl methyl sites for hydroxylation is 2. The van der Waals surface area contributed by atoms with E-state index in [9.17, 15) is 4.79 Å². The Labute approximate surface area is 152 Å². The van der Waals surface area contributed by atoms with E-state index in [2.05, 4.69) is 17.0 Å². The molecule has 3 aromatic rings. The third-order valence-corrected chi connectivity index (χ3v) is 4.84. The second-order valence-corrected chi connectivity index (χ2v) is 6.55. The summed E-state index contributed by atoms with van der Waals surface area (Å²) in [4.78, 5) is 24.0. The molecule has 0 bridgehead atoms. The second-order valence-electron chi connectivity index (χ2n) is 6.55. The Morgan fingerprint density at radius 1 is 1.35 bits per heavy atom. The lowest BCUT2D eigenvalue weighted by molar-refractivity contribution is 0.0733. The van der Waals surface area contributed by atoms with Crippen LogP contribution in [0.1, 0.15) is 47.7 Å². The number of carbonyl (C=O) groups excluding carboxylic acids is 1. The molecule has 7 nitrogen and oxygen atoms in total. The number of carbonyl (C=O) groups is 1. The normalized spacial score (nSPS) is 17.0. The van der Waals surface area contributed by atoms with Gasteiger partial charge in [-0.1, -0.05) is 13.0 Å². The third kappa shape index (κ3) is 2.89. The van der Waals surface area contributed by atoms with Gasteiger partial charge in [-0.25, -0.2) is 9.97 Å². The summed E-state index contributed by atoms with van der Waals surface area (Å²) in [5.41, 5.74) is 1.55. The molecule has 1 saturated heterocycles. The molecule has 1 atom stereocenters. The van der Waals surface area contributed by atoms with Crippen LogP contribution in [-0.4, -0.2) is 41.7 Å². The first-order chi connectivity index (χ1) is 12.7. The number of rotatable bonds is 4. The van der Waals surface area contributed by atoms with Crippen LogP contribution in [0.15, 0.2) is 43.0 Å². The van der Waals surface area contributed by atoms with Crippen molar-refractivity contribution in [3.63, 3.8) is 0 Å². The molecule has 1 aliphatic rings. The molecule has 1 unspecified atom stereocenters. The molecule has 134 valence electrons. The van der Waals surface area contributed by atoms with Crippen molar-refractivity contribution >= 4 is 5.91 Å². The van der Waals surface area contributed by atoms with Crippen molar-refractivity contribution < 1.29 is 4.79 Å². The molecule has 4 heterocycles. The van der Waals surface area contributed by atoms with Gasteiger partial charge in [0.05, 0.1) is 23.5 Å². The fourth-order valence-electron chi connectivity index (χ4n) is 3.58. The summed E-state index contributed by atoms with van der Waals surface area (Å²) in [6, 6.07) is 5.98. The van der Waals surface area contributed by atoms with Gasteiger partial charge >= 0.3 is 0 Å². The van der Waals surface area contributed by atoms with Crippen LogP contribution in [0.25, 0.3) is 5.82 Å². The molecule has 3 aromatic heterocycles. The maximum absolute atomic E-state index is 12.9. The van der Waals surface area contributed by atoms with Gasteiger partial charge in [0, 0.05) is 38.6 Å². The Balaban J connectivity index is 1.64.